The van der Waals surface area contributed by atoms with Crippen molar-refractivity contribution in [3.8, 4) is 0 Å². The second kappa shape index (κ2) is 6.28. The van der Waals surface area contributed by atoms with Gasteiger partial charge in [-0.3, -0.25) is 4.90 Å². The molecule has 1 aromatic rings. The van der Waals surface area contributed by atoms with Gasteiger partial charge in [-0.25, -0.2) is 0 Å². The molecular formula is C18H27NO. The molecule has 0 spiro atoms. The number of hydrogen-bond donors (Lipinski definition) is 1. The van der Waals surface area contributed by atoms with Crippen molar-refractivity contribution in [1.29, 1.82) is 0 Å². The Morgan fingerprint density at radius 1 is 1.15 bits per heavy atom. The third-order valence-electron chi connectivity index (χ3n) is 5.26. The van der Waals surface area contributed by atoms with Gasteiger partial charge in [0.1, 0.15) is 0 Å². The number of rotatable bonds is 3. The minimum absolute atomic E-state index is 0.289. The fourth-order valence-electron chi connectivity index (χ4n) is 4.08. The predicted octanol–water partition coefficient (Wildman–Crippen LogP) is 3.55. The predicted molar refractivity (Wildman–Crippen MR) is 82.7 cm³/mol. The molecule has 0 aromatic heterocycles. The zero-order valence-electron chi connectivity index (χ0n) is 12.6. The van der Waals surface area contributed by atoms with Crippen molar-refractivity contribution < 1.29 is 5.11 Å². The molecule has 2 heteroatoms. The highest BCUT2D eigenvalue weighted by atomic mass is 16.3. The second-order valence-electron chi connectivity index (χ2n) is 6.52. The molecule has 1 fully saturated rings. The summed E-state index contributed by atoms with van der Waals surface area (Å²) in [5, 5.41) is 10.7. The lowest BCUT2D eigenvalue weighted by atomic mass is 9.83. The maximum atomic E-state index is 10.7. The minimum Gasteiger partial charge on any atom is -0.387 e. The molecule has 0 radical (unpaired) electrons. The van der Waals surface area contributed by atoms with Crippen LogP contribution in [0.4, 0.5) is 0 Å². The van der Waals surface area contributed by atoms with Gasteiger partial charge in [0.05, 0.1) is 6.10 Å². The normalized spacial score (nSPS) is 28.3. The maximum absolute atomic E-state index is 10.7. The molecule has 2 aliphatic rings. The van der Waals surface area contributed by atoms with E-state index < -0.39 is 0 Å². The van der Waals surface area contributed by atoms with Crippen molar-refractivity contribution >= 4 is 0 Å². The number of aryl methyl sites for hydroxylation is 1. The fraction of sp³-hybridized carbons (Fsp3) is 0.667. The van der Waals surface area contributed by atoms with Gasteiger partial charge in [-0.15, -0.1) is 0 Å². The Balaban J connectivity index is 1.65. The van der Waals surface area contributed by atoms with Crippen molar-refractivity contribution in [3.05, 3.63) is 35.4 Å². The molecule has 0 bridgehead atoms. The smallest absolute Gasteiger partial charge is 0.0947 e. The molecule has 3 rings (SSSR count). The SMILES string of the molecule is CCCC1CCN(C2CCc3ccccc3C2O)CC1. The number of piperidine rings is 1. The monoisotopic (exact) mass is 273 g/mol. The van der Waals surface area contributed by atoms with Crippen LogP contribution in [0.25, 0.3) is 0 Å². The van der Waals surface area contributed by atoms with E-state index in [2.05, 4.69) is 36.1 Å². The Morgan fingerprint density at radius 3 is 2.65 bits per heavy atom. The van der Waals surface area contributed by atoms with Gasteiger partial charge in [0.15, 0.2) is 0 Å². The lowest BCUT2D eigenvalue weighted by molar-refractivity contribution is 0.0168. The number of hydrogen-bond acceptors (Lipinski definition) is 2. The molecule has 1 N–H and O–H groups in total. The molecule has 0 amide bonds. The Morgan fingerprint density at radius 2 is 1.90 bits per heavy atom. The van der Waals surface area contributed by atoms with Crippen molar-refractivity contribution in [2.75, 3.05) is 13.1 Å². The van der Waals surface area contributed by atoms with E-state index >= 15 is 0 Å². The first kappa shape index (κ1) is 14.1. The van der Waals surface area contributed by atoms with Crippen LogP contribution >= 0.6 is 0 Å². The van der Waals surface area contributed by atoms with E-state index in [9.17, 15) is 5.11 Å². The number of aliphatic hydroxyl groups is 1. The summed E-state index contributed by atoms with van der Waals surface area (Å²) in [5.74, 6) is 0.921. The van der Waals surface area contributed by atoms with E-state index in [4.69, 9.17) is 0 Å². The number of aliphatic hydroxyl groups excluding tert-OH is 1. The van der Waals surface area contributed by atoms with Crippen LogP contribution in [0.1, 0.15) is 56.3 Å². The highest BCUT2D eigenvalue weighted by Gasteiger charge is 2.33. The Labute approximate surface area is 122 Å². The summed E-state index contributed by atoms with van der Waals surface area (Å²) in [7, 11) is 0. The van der Waals surface area contributed by atoms with Crippen LogP contribution in [0, 0.1) is 5.92 Å². The van der Waals surface area contributed by atoms with Gasteiger partial charge in [-0.05, 0) is 55.8 Å². The van der Waals surface area contributed by atoms with Gasteiger partial charge in [0.25, 0.3) is 0 Å². The average molecular weight is 273 g/mol. The van der Waals surface area contributed by atoms with E-state index in [0.29, 0.717) is 6.04 Å². The van der Waals surface area contributed by atoms with Gasteiger partial charge in [-0.2, -0.15) is 0 Å². The van der Waals surface area contributed by atoms with E-state index in [1.54, 1.807) is 0 Å². The third kappa shape index (κ3) is 2.77. The van der Waals surface area contributed by atoms with Crippen LogP contribution in [-0.4, -0.2) is 29.1 Å². The molecule has 1 heterocycles. The topological polar surface area (TPSA) is 23.5 Å². The Kier molecular flexibility index (Phi) is 4.42. The van der Waals surface area contributed by atoms with E-state index in [1.807, 2.05) is 0 Å². The van der Waals surface area contributed by atoms with Crippen molar-refractivity contribution in [1.82, 2.24) is 4.90 Å². The van der Waals surface area contributed by atoms with Gasteiger partial charge in [-0.1, -0.05) is 44.0 Å². The first-order chi connectivity index (χ1) is 9.79. The third-order valence-corrected chi connectivity index (χ3v) is 5.26. The van der Waals surface area contributed by atoms with Crippen LogP contribution in [0.15, 0.2) is 24.3 Å². The first-order valence-corrected chi connectivity index (χ1v) is 8.29. The quantitative estimate of drug-likeness (QED) is 0.910. The molecule has 1 aromatic carbocycles. The van der Waals surface area contributed by atoms with Crippen LogP contribution < -0.4 is 0 Å². The van der Waals surface area contributed by atoms with Crippen LogP contribution in [-0.2, 0) is 6.42 Å². The summed E-state index contributed by atoms with van der Waals surface area (Å²) in [4.78, 5) is 2.55. The Bertz CT molecular complexity index is 437. The number of nitrogens with zero attached hydrogens (tertiary/aromatic N) is 1. The minimum atomic E-state index is -0.289. The summed E-state index contributed by atoms with van der Waals surface area (Å²) >= 11 is 0. The summed E-state index contributed by atoms with van der Waals surface area (Å²) in [6, 6.07) is 8.76. The molecule has 2 nitrogen and oxygen atoms in total. The van der Waals surface area contributed by atoms with Gasteiger partial charge in [0.2, 0.25) is 0 Å². The molecule has 1 aliphatic carbocycles. The molecule has 1 aliphatic heterocycles. The molecule has 110 valence electrons. The zero-order chi connectivity index (χ0) is 13.9. The fourth-order valence-corrected chi connectivity index (χ4v) is 4.08. The highest BCUT2D eigenvalue weighted by Crippen LogP contribution is 2.35. The summed E-state index contributed by atoms with van der Waals surface area (Å²) in [6.07, 6.45) is 7.26. The van der Waals surface area contributed by atoms with E-state index in [-0.39, 0.29) is 6.10 Å². The molecule has 1 saturated heterocycles. The van der Waals surface area contributed by atoms with Crippen molar-refractivity contribution in [3.63, 3.8) is 0 Å². The van der Waals surface area contributed by atoms with E-state index in [0.717, 1.165) is 18.8 Å². The number of fused-ring (bicyclic) bond motifs is 1. The van der Waals surface area contributed by atoms with Crippen LogP contribution in [0.2, 0.25) is 0 Å². The van der Waals surface area contributed by atoms with Crippen LogP contribution in [0.5, 0.6) is 0 Å². The van der Waals surface area contributed by atoms with Crippen LogP contribution in [0.3, 0.4) is 0 Å². The summed E-state index contributed by atoms with van der Waals surface area (Å²) < 4.78 is 0. The molecule has 2 unspecified atom stereocenters. The van der Waals surface area contributed by atoms with Crippen molar-refractivity contribution in [2.24, 2.45) is 5.92 Å². The van der Waals surface area contributed by atoms with E-state index in [1.165, 1.54) is 49.9 Å². The van der Waals surface area contributed by atoms with Gasteiger partial charge < -0.3 is 5.11 Å². The molecule has 0 saturated carbocycles. The standard InChI is InChI=1S/C18H27NO/c1-2-5-14-10-12-19(13-11-14)17-9-8-15-6-3-4-7-16(15)18(17)20/h3-4,6-7,14,17-18,20H,2,5,8-13H2,1H3. The highest BCUT2D eigenvalue weighted by molar-refractivity contribution is 5.32. The summed E-state index contributed by atoms with van der Waals surface area (Å²) in [5.41, 5.74) is 2.51. The van der Waals surface area contributed by atoms with Crippen molar-refractivity contribution in [2.45, 2.75) is 57.6 Å². The average Bonchev–Trinajstić information content (AvgIpc) is 2.49. The lowest BCUT2D eigenvalue weighted by Gasteiger charge is -2.42. The lowest BCUT2D eigenvalue weighted by Crippen LogP contribution is -2.46. The number of benzene rings is 1. The molecule has 2 atom stereocenters. The largest absolute Gasteiger partial charge is 0.387 e. The Hall–Kier alpha value is -0.860. The van der Waals surface area contributed by atoms with Gasteiger partial charge in [0, 0.05) is 6.04 Å². The summed E-state index contributed by atoms with van der Waals surface area (Å²) in [6.45, 7) is 4.64. The van der Waals surface area contributed by atoms with Gasteiger partial charge >= 0.3 is 0 Å². The second-order valence-corrected chi connectivity index (χ2v) is 6.52. The number of likely N-dealkylation sites (tertiary alicyclic amines) is 1. The molecule has 20 heavy (non-hydrogen) atoms. The molecular weight excluding hydrogens is 246 g/mol. The maximum Gasteiger partial charge on any atom is 0.0947 e. The zero-order valence-corrected chi connectivity index (χ0v) is 12.6. The first-order valence-electron chi connectivity index (χ1n) is 8.29.